The molecule has 27 heavy (non-hydrogen) atoms. The highest BCUT2D eigenvalue weighted by molar-refractivity contribution is 5.85. The summed E-state index contributed by atoms with van der Waals surface area (Å²) in [4.78, 5) is 14.9. The lowest BCUT2D eigenvalue weighted by Crippen LogP contribution is -2.44. The lowest BCUT2D eigenvalue weighted by Gasteiger charge is -2.33. The van der Waals surface area contributed by atoms with E-state index in [0.29, 0.717) is 12.0 Å². The van der Waals surface area contributed by atoms with Crippen molar-refractivity contribution in [1.82, 2.24) is 10.2 Å². The molecule has 2 aromatic carbocycles. The zero-order valence-electron chi connectivity index (χ0n) is 16.3. The zero-order valence-corrected chi connectivity index (χ0v) is 16.3. The van der Waals surface area contributed by atoms with Gasteiger partial charge in [-0.2, -0.15) is 0 Å². The second kappa shape index (κ2) is 8.88. The van der Waals surface area contributed by atoms with Gasteiger partial charge in [0.1, 0.15) is 0 Å². The van der Waals surface area contributed by atoms with Gasteiger partial charge in [-0.1, -0.05) is 61.7 Å². The minimum Gasteiger partial charge on any atom is -0.353 e. The SMILES string of the molecule is O=C(CC1CCCCC1)NC1CCN(Cc2cccc3ccccc23)CC1. The number of amides is 1. The number of carbonyl (C=O) groups is 1. The molecule has 1 heterocycles. The van der Waals surface area contributed by atoms with Crippen molar-refractivity contribution in [2.75, 3.05) is 13.1 Å². The molecule has 1 saturated carbocycles. The largest absolute Gasteiger partial charge is 0.353 e. The average molecular weight is 365 g/mol. The van der Waals surface area contributed by atoms with Crippen molar-refractivity contribution in [3.8, 4) is 0 Å². The fourth-order valence-corrected chi connectivity index (χ4v) is 4.85. The molecule has 2 fully saturated rings. The molecule has 0 unspecified atom stereocenters. The molecule has 0 bridgehead atoms. The van der Waals surface area contributed by atoms with E-state index >= 15 is 0 Å². The van der Waals surface area contributed by atoms with Crippen molar-refractivity contribution in [3.05, 3.63) is 48.0 Å². The highest BCUT2D eigenvalue weighted by Gasteiger charge is 2.23. The molecule has 3 heteroatoms. The summed E-state index contributed by atoms with van der Waals surface area (Å²) in [7, 11) is 0. The molecular formula is C24H32N2O. The quantitative estimate of drug-likeness (QED) is 0.819. The number of benzene rings is 2. The van der Waals surface area contributed by atoms with Gasteiger partial charge in [-0.25, -0.2) is 0 Å². The lowest BCUT2D eigenvalue weighted by molar-refractivity contribution is -0.123. The molecule has 1 saturated heterocycles. The molecule has 1 aliphatic carbocycles. The maximum Gasteiger partial charge on any atom is 0.220 e. The molecule has 2 aliphatic rings. The molecule has 3 nitrogen and oxygen atoms in total. The number of fused-ring (bicyclic) bond motifs is 1. The van der Waals surface area contributed by atoms with Gasteiger partial charge in [0.05, 0.1) is 0 Å². The van der Waals surface area contributed by atoms with Crippen molar-refractivity contribution < 1.29 is 4.79 Å². The maximum absolute atomic E-state index is 12.4. The van der Waals surface area contributed by atoms with E-state index in [1.165, 1.54) is 48.4 Å². The van der Waals surface area contributed by atoms with Crippen LogP contribution in [0.4, 0.5) is 0 Å². The molecule has 0 aromatic heterocycles. The Balaban J connectivity index is 1.25. The zero-order chi connectivity index (χ0) is 18.5. The Morgan fingerprint density at radius 1 is 0.926 bits per heavy atom. The number of piperidine rings is 1. The Kier molecular flexibility index (Phi) is 6.08. The topological polar surface area (TPSA) is 32.3 Å². The smallest absolute Gasteiger partial charge is 0.220 e. The van der Waals surface area contributed by atoms with Gasteiger partial charge in [-0.3, -0.25) is 9.69 Å². The average Bonchev–Trinajstić information content (AvgIpc) is 2.70. The Bertz CT molecular complexity index is 753. The molecule has 1 amide bonds. The third-order valence-electron chi connectivity index (χ3n) is 6.43. The van der Waals surface area contributed by atoms with Crippen LogP contribution in [0.1, 0.15) is 56.9 Å². The van der Waals surface area contributed by atoms with Crippen LogP contribution in [0.15, 0.2) is 42.5 Å². The normalized spacial score (nSPS) is 20.0. The Morgan fingerprint density at radius 2 is 1.67 bits per heavy atom. The third-order valence-corrected chi connectivity index (χ3v) is 6.43. The first-order chi connectivity index (χ1) is 13.3. The maximum atomic E-state index is 12.4. The van der Waals surface area contributed by atoms with Gasteiger partial charge in [0.15, 0.2) is 0 Å². The predicted molar refractivity (Wildman–Crippen MR) is 112 cm³/mol. The van der Waals surface area contributed by atoms with Crippen LogP contribution in [0.3, 0.4) is 0 Å². The number of nitrogens with zero attached hydrogens (tertiary/aromatic N) is 1. The summed E-state index contributed by atoms with van der Waals surface area (Å²) in [6.07, 6.45) is 9.36. The summed E-state index contributed by atoms with van der Waals surface area (Å²) >= 11 is 0. The molecular weight excluding hydrogens is 332 g/mol. The van der Waals surface area contributed by atoms with E-state index in [0.717, 1.165) is 38.9 Å². The van der Waals surface area contributed by atoms with Crippen LogP contribution in [-0.2, 0) is 11.3 Å². The molecule has 0 spiro atoms. The fraction of sp³-hybridized carbons (Fsp3) is 0.542. The summed E-state index contributed by atoms with van der Waals surface area (Å²) in [6, 6.07) is 15.6. The van der Waals surface area contributed by atoms with Crippen LogP contribution in [0, 0.1) is 5.92 Å². The molecule has 2 aromatic rings. The molecule has 1 aliphatic heterocycles. The van der Waals surface area contributed by atoms with Gasteiger partial charge < -0.3 is 5.32 Å². The number of carbonyl (C=O) groups excluding carboxylic acids is 1. The molecule has 144 valence electrons. The van der Waals surface area contributed by atoms with Crippen molar-refractivity contribution in [2.24, 2.45) is 5.92 Å². The highest BCUT2D eigenvalue weighted by atomic mass is 16.1. The van der Waals surface area contributed by atoms with Gasteiger partial charge in [0, 0.05) is 32.1 Å². The summed E-state index contributed by atoms with van der Waals surface area (Å²) < 4.78 is 0. The van der Waals surface area contributed by atoms with Crippen LogP contribution in [0.25, 0.3) is 10.8 Å². The minimum atomic E-state index is 0.286. The Hall–Kier alpha value is -1.87. The van der Waals surface area contributed by atoms with Crippen LogP contribution >= 0.6 is 0 Å². The van der Waals surface area contributed by atoms with Gasteiger partial charge in [0.25, 0.3) is 0 Å². The second-order valence-corrected chi connectivity index (χ2v) is 8.46. The summed E-state index contributed by atoms with van der Waals surface area (Å²) in [5.74, 6) is 0.916. The first-order valence-corrected chi connectivity index (χ1v) is 10.8. The van der Waals surface area contributed by atoms with Crippen LogP contribution < -0.4 is 5.32 Å². The van der Waals surface area contributed by atoms with Crippen LogP contribution in [0.2, 0.25) is 0 Å². The van der Waals surface area contributed by atoms with Crippen molar-refractivity contribution in [3.63, 3.8) is 0 Å². The Labute approximate surface area is 163 Å². The van der Waals surface area contributed by atoms with Crippen LogP contribution in [0.5, 0.6) is 0 Å². The standard InChI is InChI=1S/C24H32N2O/c27-24(17-19-7-2-1-3-8-19)25-22-13-15-26(16-14-22)18-21-11-6-10-20-9-4-5-12-23(20)21/h4-6,9-12,19,22H,1-3,7-8,13-18H2,(H,25,27). The summed E-state index contributed by atoms with van der Waals surface area (Å²) in [5, 5.41) is 6.00. The minimum absolute atomic E-state index is 0.286. The summed E-state index contributed by atoms with van der Waals surface area (Å²) in [6.45, 7) is 3.14. The van der Waals surface area contributed by atoms with E-state index in [2.05, 4.69) is 52.7 Å². The van der Waals surface area contributed by atoms with E-state index in [-0.39, 0.29) is 5.91 Å². The Morgan fingerprint density at radius 3 is 2.48 bits per heavy atom. The molecule has 0 radical (unpaired) electrons. The van der Waals surface area contributed by atoms with E-state index in [1.54, 1.807) is 0 Å². The van der Waals surface area contributed by atoms with Gasteiger partial charge in [-0.15, -0.1) is 0 Å². The van der Waals surface area contributed by atoms with Crippen molar-refractivity contribution in [1.29, 1.82) is 0 Å². The predicted octanol–water partition coefficient (Wildman–Crippen LogP) is 4.89. The fourth-order valence-electron chi connectivity index (χ4n) is 4.85. The van der Waals surface area contributed by atoms with Gasteiger partial charge >= 0.3 is 0 Å². The second-order valence-electron chi connectivity index (χ2n) is 8.46. The molecule has 4 rings (SSSR count). The lowest BCUT2D eigenvalue weighted by atomic mass is 9.86. The van der Waals surface area contributed by atoms with Gasteiger partial charge in [0.2, 0.25) is 5.91 Å². The van der Waals surface area contributed by atoms with Gasteiger partial charge in [-0.05, 0) is 47.9 Å². The van der Waals surface area contributed by atoms with E-state index in [9.17, 15) is 4.79 Å². The first kappa shape index (κ1) is 18.5. The van der Waals surface area contributed by atoms with E-state index in [1.807, 2.05) is 0 Å². The van der Waals surface area contributed by atoms with Crippen molar-refractivity contribution in [2.45, 2.75) is 64.0 Å². The number of rotatable bonds is 5. The number of hydrogen-bond donors (Lipinski definition) is 1. The van der Waals surface area contributed by atoms with E-state index in [4.69, 9.17) is 0 Å². The molecule has 0 atom stereocenters. The van der Waals surface area contributed by atoms with E-state index < -0.39 is 0 Å². The number of nitrogens with one attached hydrogen (secondary N) is 1. The first-order valence-electron chi connectivity index (χ1n) is 10.8. The van der Waals surface area contributed by atoms with Crippen LogP contribution in [-0.4, -0.2) is 29.9 Å². The highest BCUT2D eigenvalue weighted by Crippen LogP contribution is 2.26. The third kappa shape index (κ3) is 4.90. The van der Waals surface area contributed by atoms with Crippen molar-refractivity contribution >= 4 is 16.7 Å². The molecule has 1 N–H and O–H groups in total. The monoisotopic (exact) mass is 364 g/mol. The number of hydrogen-bond acceptors (Lipinski definition) is 2. The number of likely N-dealkylation sites (tertiary alicyclic amines) is 1. The summed E-state index contributed by atoms with van der Waals surface area (Å²) in [5.41, 5.74) is 1.41.